The molecule has 1 unspecified atom stereocenters. The van der Waals surface area contributed by atoms with Crippen molar-refractivity contribution in [3.63, 3.8) is 0 Å². The number of aliphatic hydroxyl groups is 1. The summed E-state index contributed by atoms with van der Waals surface area (Å²) in [6.07, 6.45) is 2.75. The minimum atomic E-state index is -1.02. The molecule has 3 atom stereocenters. The van der Waals surface area contributed by atoms with E-state index >= 15 is 0 Å². The van der Waals surface area contributed by atoms with Gasteiger partial charge in [0.2, 0.25) is 0 Å². The summed E-state index contributed by atoms with van der Waals surface area (Å²) in [4.78, 5) is 11.5. The van der Waals surface area contributed by atoms with Crippen molar-refractivity contribution in [1.29, 1.82) is 0 Å². The summed E-state index contributed by atoms with van der Waals surface area (Å²) in [6.45, 7) is 2.03. The van der Waals surface area contributed by atoms with Crippen LogP contribution < -0.4 is 11.1 Å². The second-order valence-electron chi connectivity index (χ2n) is 4.61. The van der Waals surface area contributed by atoms with E-state index in [0.29, 0.717) is 12.0 Å². The van der Waals surface area contributed by atoms with E-state index in [2.05, 4.69) is 5.32 Å². The molecule has 0 radical (unpaired) electrons. The highest BCUT2D eigenvalue weighted by Crippen LogP contribution is 2.46. The molecule has 0 heterocycles. The standard InChI is InChI=1S/C10H18N2O2/c1-2-6-5-10(6,11)8(13)9(14)12-7-3-4-7/h6-8,13H,2-5,11H2,1H3,(H,12,14)/t6-,8?,10+/m1/s1. The second kappa shape index (κ2) is 3.21. The van der Waals surface area contributed by atoms with Crippen LogP contribution in [0.5, 0.6) is 0 Å². The Kier molecular flexibility index (Phi) is 2.27. The Labute approximate surface area is 83.9 Å². The molecule has 0 saturated heterocycles. The number of rotatable bonds is 4. The molecule has 2 saturated carbocycles. The Morgan fingerprint density at radius 3 is 2.79 bits per heavy atom. The zero-order chi connectivity index (χ0) is 10.3. The van der Waals surface area contributed by atoms with E-state index in [-0.39, 0.29) is 5.91 Å². The van der Waals surface area contributed by atoms with Gasteiger partial charge in [-0.2, -0.15) is 0 Å². The molecule has 1 amide bonds. The number of carbonyl (C=O) groups excluding carboxylic acids is 1. The van der Waals surface area contributed by atoms with Gasteiger partial charge < -0.3 is 16.2 Å². The molecule has 2 fully saturated rings. The molecule has 0 aliphatic heterocycles. The molecule has 2 rings (SSSR count). The van der Waals surface area contributed by atoms with Gasteiger partial charge in [0.05, 0.1) is 5.54 Å². The number of hydrogen-bond acceptors (Lipinski definition) is 3. The summed E-state index contributed by atoms with van der Waals surface area (Å²) in [5.41, 5.74) is 5.29. The Hall–Kier alpha value is -0.610. The predicted molar refractivity (Wildman–Crippen MR) is 52.5 cm³/mol. The van der Waals surface area contributed by atoms with E-state index in [1.54, 1.807) is 0 Å². The molecule has 4 heteroatoms. The molecule has 0 spiro atoms. The van der Waals surface area contributed by atoms with E-state index in [1.165, 1.54) is 0 Å². The van der Waals surface area contributed by atoms with Crippen molar-refractivity contribution < 1.29 is 9.90 Å². The van der Waals surface area contributed by atoms with Crippen molar-refractivity contribution in [3.8, 4) is 0 Å². The van der Waals surface area contributed by atoms with Crippen molar-refractivity contribution in [2.24, 2.45) is 11.7 Å². The van der Waals surface area contributed by atoms with Crippen molar-refractivity contribution in [3.05, 3.63) is 0 Å². The first-order chi connectivity index (χ1) is 6.58. The Balaban J connectivity index is 1.87. The third-order valence-corrected chi connectivity index (χ3v) is 3.37. The van der Waals surface area contributed by atoms with Crippen molar-refractivity contribution >= 4 is 5.91 Å². The zero-order valence-electron chi connectivity index (χ0n) is 8.49. The van der Waals surface area contributed by atoms with Crippen LogP contribution in [-0.4, -0.2) is 28.7 Å². The van der Waals surface area contributed by atoms with Crippen LogP contribution in [0.4, 0.5) is 0 Å². The van der Waals surface area contributed by atoms with Crippen molar-refractivity contribution in [1.82, 2.24) is 5.32 Å². The summed E-state index contributed by atoms with van der Waals surface area (Å²) >= 11 is 0. The van der Waals surface area contributed by atoms with Gasteiger partial charge in [-0.25, -0.2) is 0 Å². The molecular weight excluding hydrogens is 180 g/mol. The average Bonchev–Trinajstić information content (AvgIpc) is 3.02. The number of nitrogens with two attached hydrogens (primary N) is 1. The highest BCUT2D eigenvalue weighted by atomic mass is 16.3. The van der Waals surface area contributed by atoms with Crippen LogP contribution in [0.1, 0.15) is 32.6 Å². The van der Waals surface area contributed by atoms with Gasteiger partial charge in [-0.05, 0) is 25.2 Å². The maximum absolute atomic E-state index is 11.5. The Morgan fingerprint density at radius 2 is 2.36 bits per heavy atom. The monoisotopic (exact) mass is 198 g/mol. The summed E-state index contributed by atoms with van der Waals surface area (Å²) in [6, 6.07) is 0.291. The van der Waals surface area contributed by atoms with Gasteiger partial charge in [-0.15, -0.1) is 0 Å². The molecule has 0 aromatic heterocycles. The van der Waals surface area contributed by atoms with E-state index in [9.17, 15) is 9.90 Å². The zero-order valence-corrected chi connectivity index (χ0v) is 8.49. The maximum atomic E-state index is 11.5. The molecular formula is C10H18N2O2. The highest BCUT2D eigenvalue weighted by Gasteiger charge is 2.57. The average molecular weight is 198 g/mol. The predicted octanol–water partition coefficient (Wildman–Crippen LogP) is -0.247. The first kappa shape index (κ1) is 9.93. The maximum Gasteiger partial charge on any atom is 0.250 e. The molecule has 14 heavy (non-hydrogen) atoms. The fraction of sp³-hybridized carbons (Fsp3) is 0.900. The third kappa shape index (κ3) is 1.64. The van der Waals surface area contributed by atoms with Crippen molar-refractivity contribution in [2.75, 3.05) is 0 Å². The lowest BCUT2D eigenvalue weighted by molar-refractivity contribution is -0.131. The van der Waals surface area contributed by atoms with Crippen LogP contribution in [0.15, 0.2) is 0 Å². The van der Waals surface area contributed by atoms with Gasteiger partial charge in [-0.3, -0.25) is 4.79 Å². The van der Waals surface area contributed by atoms with Gasteiger partial charge in [0, 0.05) is 6.04 Å². The molecule has 0 aromatic carbocycles. The highest BCUT2D eigenvalue weighted by molar-refractivity contribution is 5.83. The molecule has 2 aliphatic carbocycles. The molecule has 0 bridgehead atoms. The SMILES string of the molecule is CC[C@@H]1C[C@@]1(N)C(O)C(=O)NC1CC1. The Morgan fingerprint density at radius 1 is 1.71 bits per heavy atom. The molecule has 4 N–H and O–H groups in total. The van der Waals surface area contributed by atoms with Crippen LogP contribution in [0.25, 0.3) is 0 Å². The largest absolute Gasteiger partial charge is 0.381 e. The summed E-state index contributed by atoms with van der Waals surface area (Å²) < 4.78 is 0. The van der Waals surface area contributed by atoms with Crippen LogP contribution in [-0.2, 0) is 4.79 Å². The van der Waals surface area contributed by atoms with Gasteiger partial charge in [0.15, 0.2) is 6.10 Å². The van der Waals surface area contributed by atoms with E-state index < -0.39 is 11.6 Å². The fourth-order valence-corrected chi connectivity index (χ4v) is 1.98. The first-order valence-corrected chi connectivity index (χ1v) is 5.35. The van der Waals surface area contributed by atoms with Crippen molar-refractivity contribution in [2.45, 2.75) is 50.3 Å². The molecule has 2 aliphatic rings. The topological polar surface area (TPSA) is 75.3 Å². The first-order valence-electron chi connectivity index (χ1n) is 5.35. The lowest BCUT2D eigenvalue weighted by Gasteiger charge is -2.18. The third-order valence-electron chi connectivity index (χ3n) is 3.37. The molecule has 80 valence electrons. The van der Waals surface area contributed by atoms with Crippen LogP contribution in [0.2, 0.25) is 0 Å². The lowest BCUT2D eigenvalue weighted by Crippen LogP contribution is -2.50. The quantitative estimate of drug-likeness (QED) is 0.583. The van der Waals surface area contributed by atoms with E-state index in [1.807, 2.05) is 6.92 Å². The van der Waals surface area contributed by atoms with Crippen LogP contribution in [0.3, 0.4) is 0 Å². The number of carbonyl (C=O) groups is 1. The normalized spacial score (nSPS) is 37.8. The number of amides is 1. The van der Waals surface area contributed by atoms with E-state index in [0.717, 1.165) is 25.7 Å². The van der Waals surface area contributed by atoms with Crippen LogP contribution in [0, 0.1) is 5.92 Å². The molecule has 0 aromatic rings. The van der Waals surface area contributed by atoms with E-state index in [4.69, 9.17) is 5.73 Å². The number of nitrogens with one attached hydrogen (secondary N) is 1. The summed E-state index contributed by atoms with van der Waals surface area (Å²) in [5.74, 6) is 0.0217. The minimum absolute atomic E-state index is 0.286. The smallest absolute Gasteiger partial charge is 0.250 e. The van der Waals surface area contributed by atoms with Gasteiger partial charge >= 0.3 is 0 Å². The number of aliphatic hydroxyl groups excluding tert-OH is 1. The summed E-state index contributed by atoms with van der Waals surface area (Å²) in [7, 11) is 0. The van der Waals surface area contributed by atoms with Gasteiger partial charge in [0.1, 0.15) is 0 Å². The Bertz CT molecular complexity index is 253. The summed E-state index contributed by atoms with van der Waals surface area (Å²) in [5, 5.41) is 12.5. The molecule has 4 nitrogen and oxygen atoms in total. The minimum Gasteiger partial charge on any atom is -0.381 e. The number of hydrogen-bond donors (Lipinski definition) is 3. The van der Waals surface area contributed by atoms with Gasteiger partial charge in [0.25, 0.3) is 5.91 Å². The van der Waals surface area contributed by atoms with Crippen LogP contribution >= 0.6 is 0 Å². The lowest BCUT2D eigenvalue weighted by atomic mass is 10.1. The van der Waals surface area contributed by atoms with Gasteiger partial charge in [-0.1, -0.05) is 13.3 Å². The second-order valence-corrected chi connectivity index (χ2v) is 4.61. The fourth-order valence-electron chi connectivity index (χ4n) is 1.98.